The van der Waals surface area contributed by atoms with Crippen LogP contribution in [0.2, 0.25) is 0 Å². The third-order valence-corrected chi connectivity index (χ3v) is 4.42. The molecule has 0 bridgehead atoms. The van der Waals surface area contributed by atoms with Crippen LogP contribution >= 0.6 is 0 Å². The molecule has 118 valence electrons. The summed E-state index contributed by atoms with van der Waals surface area (Å²) in [7, 11) is 0. The van der Waals surface area contributed by atoms with E-state index < -0.39 is 23.6 Å². The van der Waals surface area contributed by atoms with Gasteiger partial charge in [0, 0.05) is 11.6 Å². The smallest absolute Gasteiger partial charge is 0.324 e. The van der Waals surface area contributed by atoms with Gasteiger partial charge in [-0.15, -0.1) is 0 Å². The highest BCUT2D eigenvalue weighted by atomic mass is 19.4. The molecule has 0 aromatic heterocycles. The Balaban J connectivity index is 2.29. The first-order chi connectivity index (χ1) is 9.70. The maximum atomic E-state index is 14.2. The van der Waals surface area contributed by atoms with E-state index in [1.165, 1.54) is 12.1 Å². The number of hydrogen-bond acceptors (Lipinski definition) is 1. The molecule has 1 saturated carbocycles. The summed E-state index contributed by atoms with van der Waals surface area (Å²) in [5.74, 6) is -0.248. The molecule has 1 aromatic carbocycles. The molecule has 3 unspecified atom stereocenters. The zero-order valence-corrected chi connectivity index (χ0v) is 12.3. The fourth-order valence-electron chi connectivity index (χ4n) is 3.58. The van der Waals surface area contributed by atoms with Crippen LogP contribution in [0.1, 0.15) is 50.3 Å². The molecule has 1 aliphatic carbocycles. The summed E-state index contributed by atoms with van der Waals surface area (Å²) in [4.78, 5) is 0. The van der Waals surface area contributed by atoms with Gasteiger partial charge in [0.2, 0.25) is 0 Å². The largest absolute Gasteiger partial charge is 0.419 e. The Kier molecular flexibility index (Phi) is 4.61. The SMILES string of the molecule is CC1CC(C)CC(C(N)c2cccc(C(F)(F)F)c2F)C1. The van der Waals surface area contributed by atoms with Crippen LogP contribution < -0.4 is 5.73 Å². The van der Waals surface area contributed by atoms with Crippen LogP contribution in [0.25, 0.3) is 0 Å². The third-order valence-electron chi connectivity index (χ3n) is 4.42. The molecule has 0 aliphatic heterocycles. The van der Waals surface area contributed by atoms with Gasteiger partial charge in [-0.2, -0.15) is 13.2 Å². The monoisotopic (exact) mass is 303 g/mol. The van der Waals surface area contributed by atoms with Crippen LogP contribution in [0.4, 0.5) is 17.6 Å². The van der Waals surface area contributed by atoms with Crippen LogP contribution in [0, 0.1) is 23.6 Å². The van der Waals surface area contributed by atoms with Crippen molar-refractivity contribution in [3.05, 3.63) is 35.1 Å². The molecule has 1 aliphatic rings. The van der Waals surface area contributed by atoms with E-state index in [4.69, 9.17) is 5.73 Å². The molecule has 1 nitrogen and oxygen atoms in total. The van der Waals surface area contributed by atoms with Gasteiger partial charge in [-0.3, -0.25) is 0 Å². The van der Waals surface area contributed by atoms with Crippen molar-refractivity contribution >= 4 is 0 Å². The lowest BCUT2D eigenvalue weighted by Gasteiger charge is -2.35. The topological polar surface area (TPSA) is 26.0 Å². The van der Waals surface area contributed by atoms with Gasteiger partial charge in [0.1, 0.15) is 5.82 Å². The van der Waals surface area contributed by atoms with Crippen molar-refractivity contribution in [2.75, 3.05) is 0 Å². The first kappa shape index (κ1) is 16.3. The number of alkyl halides is 3. The molecule has 2 N–H and O–H groups in total. The lowest BCUT2D eigenvalue weighted by molar-refractivity contribution is -0.140. The lowest BCUT2D eigenvalue weighted by Crippen LogP contribution is -2.30. The van der Waals surface area contributed by atoms with E-state index in [0.717, 1.165) is 25.3 Å². The van der Waals surface area contributed by atoms with Gasteiger partial charge in [0.25, 0.3) is 0 Å². The lowest BCUT2D eigenvalue weighted by atomic mass is 9.72. The molecule has 0 amide bonds. The summed E-state index contributed by atoms with van der Waals surface area (Å²) in [6, 6.07) is 2.69. The van der Waals surface area contributed by atoms with E-state index in [9.17, 15) is 17.6 Å². The Labute approximate surface area is 122 Å². The summed E-state index contributed by atoms with van der Waals surface area (Å²) < 4.78 is 52.5. The van der Waals surface area contributed by atoms with Crippen LogP contribution in [0.5, 0.6) is 0 Å². The van der Waals surface area contributed by atoms with Crippen molar-refractivity contribution in [2.24, 2.45) is 23.5 Å². The van der Waals surface area contributed by atoms with E-state index in [1.807, 2.05) is 0 Å². The summed E-state index contributed by atoms with van der Waals surface area (Å²) in [5.41, 5.74) is 4.85. The average Bonchev–Trinajstić information content (AvgIpc) is 2.35. The predicted octanol–water partition coefficient (Wildman–Crippen LogP) is 4.92. The fraction of sp³-hybridized carbons (Fsp3) is 0.625. The molecular weight excluding hydrogens is 282 g/mol. The van der Waals surface area contributed by atoms with Gasteiger partial charge in [-0.25, -0.2) is 4.39 Å². The molecule has 1 aromatic rings. The Morgan fingerprint density at radius 1 is 1.10 bits per heavy atom. The number of hydrogen-bond donors (Lipinski definition) is 1. The van der Waals surface area contributed by atoms with Crippen molar-refractivity contribution in [3.8, 4) is 0 Å². The Morgan fingerprint density at radius 3 is 2.19 bits per heavy atom. The maximum absolute atomic E-state index is 14.2. The standard InChI is InChI=1S/C16H21F4N/c1-9-6-10(2)8-11(7-9)15(21)12-4-3-5-13(14(12)17)16(18,19)20/h3-5,9-11,15H,6-8,21H2,1-2H3. The molecule has 0 radical (unpaired) electrons. The Morgan fingerprint density at radius 2 is 1.67 bits per heavy atom. The van der Waals surface area contributed by atoms with Gasteiger partial charge < -0.3 is 5.73 Å². The first-order valence-corrected chi connectivity index (χ1v) is 7.31. The molecule has 0 saturated heterocycles. The van der Waals surface area contributed by atoms with Gasteiger partial charge in [-0.05, 0) is 43.1 Å². The van der Waals surface area contributed by atoms with Gasteiger partial charge in [-0.1, -0.05) is 26.0 Å². The Bertz CT molecular complexity index is 488. The van der Waals surface area contributed by atoms with Crippen LogP contribution in [0.15, 0.2) is 18.2 Å². The number of halogens is 4. The van der Waals surface area contributed by atoms with Crippen molar-refractivity contribution in [2.45, 2.75) is 45.3 Å². The molecular formula is C16H21F4N. The van der Waals surface area contributed by atoms with Gasteiger partial charge in [0.05, 0.1) is 5.56 Å². The second kappa shape index (κ2) is 5.95. The summed E-state index contributed by atoms with van der Waals surface area (Å²) >= 11 is 0. The van der Waals surface area contributed by atoms with Crippen LogP contribution in [-0.4, -0.2) is 0 Å². The first-order valence-electron chi connectivity index (χ1n) is 7.31. The Hall–Kier alpha value is -1.10. The van der Waals surface area contributed by atoms with Crippen molar-refractivity contribution in [3.63, 3.8) is 0 Å². The molecule has 0 heterocycles. The number of benzene rings is 1. The number of rotatable bonds is 2. The van der Waals surface area contributed by atoms with E-state index in [0.29, 0.717) is 11.8 Å². The fourth-order valence-corrected chi connectivity index (χ4v) is 3.58. The number of nitrogens with two attached hydrogens (primary N) is 1. The third kappa shape index (κ3) is 3.57. The van der Waals surface area contributed by atoms with E-state index in [2.05, 4.69) is 13.8 Å². The summed E-state index contributed by atoms with van der Waals surface area (Å²) in [5, 5.41) is 0. The van der Waals surface area contributed by atoms with Gasteiger partial charge in [0.15, 0.2) is 0 Å². The maximum Gasteiger partial charge on any atom is 0.419 e. The second-order valence-electron chi connectivity index (χ2n) is 6.41. The molecule has 21 heavy (non-hydrogen) atoms. The van der Waals surface area contributed by atoms with Crippen molar-refractivity contribution in [1.82, 2.24) is 0 Å². The summed E-state index contributed by atoms with van der Waals surface area (Å²) in [6.07, 6.45) is -1.93. The average molecular weight is 303 g/mol. The van der Waals surface area contributed by atoms with Crippen molar-refractivity contribution in [1.29, 1.82) is 0 Å². The highest BCUT2D eigenvalue weighted by Gasteiger charge is 2.37. The molecule has 1 fully saturated rings. The minimum absolute atomic E-state index is 0.0175. The summed E-state index contributed by atoms with van der Waals surface area (Å²) in [6.45, 7) is 4.22. The van der Waals surface area contributed by atoms with E-state index >= 15 is 0 Å². The zero-order chi connectivity index (χ0) is 15.8. The normalized spacial score (nSPS) is 28.4. The molecule has 5 heteroatoms. The molecule has 3 atom stereocenters. The van der Waals surface area contributed by atoms with Crippen LogP contribution in [-0.2, 0) is 6.18 Å². The highest BCUT2D eigenvalue weighted by molar-refractivity contribution is 5.30. The van der Waals surface area contributed by atoms with E-state index in [-0.39, 0.29) is 11.5 Å². The second-order valence-corrected chi connectivity index (χ2v) is 6.41. The predicted molar refractivity (Wildman–Crippen MR) is 74.0 cm³/mol. The molecule has 2 rings (SSSR count). The minimum Gasteiger partial charge on any atom is -0.324 e. The van der Waals surface area contributed by atoms with Crippen LogP contribution in [0.3, 0.4) is 0 Å². The van der Waals surface area contributed by atoms with E-state index in [1.54, 1.807) is 0 Å². The van der Waals surface area contributed by atoms with Crippen molar-refractivity contribution < 1.29 is 17.6 Å². The quantitative estimate of drug-likeness (QED) is 0.771. The minimum atomic E-state index is -4.69. The highest BCUT2D eigenvalue weighted by Crippen LogP contribution is 2.41. The van der Waals surface area contributed by atoms with Gasteiger partial charge >= 0.3 is 6.18 Å². The molecule has 0 spiro atoms. The zero-order valence-electron chi connectivity index (χ0n) is 12.3.